The number of fused-ring (bicyclic) bond motifs is 5. The van der Waals surface area contributed by atoms with Gasteiger partial charge >= 0.3 is 12.1 Å². The summed E-state index contributed by atoms with van der Waals surface area (Å²) in [6.45, 7) is 9.18. The molecule has 2 saturated heterocycles. The predicted octanol–water partition coefficient (Wildman–Crippen LogP) is 9.94. The molecule has 1 saturated carbocycles. The minimum absolute atomic E-state index is 0.0582. The normalized spacial score (nSPS) is 29.8. The summed E-state index contributed by atoms with van der Waals surface area (Å²) in [6, 6.07) is 2.59. The topological polar surface area (TPSA) is 174 Å². The monoisotopic (exact) mass is 1020 g/mol. The smallest absolute Gasteiger partial charge is 0.409 e. The second-order valence-electron chi connectivity index (χ2n) is 19.8. The van der Waals surface area contributed by atoms with Gasteiger partial charge in [-0.25, -0.2) is 9.59 Å². The number of likely N-dealkylation sites (N-methyl/N-ethyl adjacent to an activating group) is 1. The second kappa shape index (κ2) is 26.4. The summed E-state index contributed by atoms with van der Waals surface area (Å²) in [5.41, 5.74) is -0.958. The van der Waals surface area contributed by atoms with Crippen molar-refractivity contribution in [3.8, 4) is 5.75 Å². The highest BCUT2D eigenvalue weighted by Crippen LogP contribution is 2.49. The molecular weight excluding hydrogens is 942 g/mol. The zero-order valence-electron chi connectivity index (χ0n) is 42.4. The number of carbonyl (C=O) groups excluding carboxylic acids is 5. The molecule has 5 rings (SSSR count). The van der Waals surface area contributed by atoms with Gasteiger partial charge in [0.2, 0.25) is 11.8 Å². The summed E-state index contributed by atoms with van der Waals surface area (Å²) in [4.78, 5) is 71.0. The lowest BCUT2D eigenvalue weighted by molar-refractivity contribution is -0.162. The molecule has 2 N–H and O–H groups in total. The number of nitrogens with one attached hydrogen (secondary N) is 1. The number of hydrogen-bond acceptors (Lipinski definition) is 13. The molecule has 1 aromatic rings. The molecule has 3 heterocycles. The van der Waals surface area contributed by atoms with E-state index in [0.29, 0.717) is 35.8 Å². The average Bonchev–Trinajstić information content (AvgIpc) is 4.01. The third-order valence-electron chi connectivity index (χ3n) is 14.5. The van der Waals surface area contributed by atoms with Crippen molar-refractivity contribution in [2.24, 2.45) is 11.8 Å². The summed E-state index contributed by atoms with van der Waals surface area (Å²) in [7, 11) is 9.35. The average molecular weight is 1020 g/mol. The van der Waals surface area contributed by atoms with Gasteiger partial charge in [0.1, 0.15) is 46.5 Å². The number of aliphatic hydroxyl groups is 1. The van der Waals surface area contributed by atoms with E-state index in [0.717, 1.165) is 43.2 Å². The molecule has 3 amide bonds. The molecule has 1 aromatic carbocycles. The number of nitrogens with zero attached hydrogens (tertiary/aromatic N) is 2. The number of allylic oxidation sites excluding steroid dienone is 3. The van der Waals surface area contributed by atoms with E-state index < -0.39 is 65.7 Å². The number of alkyl carbamates (subject to hydrolysis) is 1. The molecule has 4 bridgehead atoms. The zero-order valence-corrected chi connectivity index (χ0v) is 44.7. The molecule has 3 aliphatic heterocycles. The first kappa shape index (κ1) is 56.6. The zero-order chi connectivity index (χ0) is 50.5. The van der Waals surface area contributed by atoms with Crippen LogP contribution in [0.25, 0.3) is 0 Å². The number of halogens is 1. The lowest BCUT2D eigenvalue weighted by atomic mass is 9.83. The van der Waals surface area contributed by atoms with Gasteiger partial charge in [-0.15, -0.1) is 0 Å². The Morgan fingerprint density at radius 1 is 1.03 bits per heavy atom. The number of esters is 1. The molecule has 0 spiro atoms. The van der Waals surface area contributed by atoms with Crippen LogP contribution in [0.1, 0.15) is 143 Å². The SMILES string of the molecule is COc1cc2cc(c1Cl)N(C)C(=O)C[C@@H](OC(=O)[C@@H](C)N(C)C(=O)CCSSC(C)CCC(=O)C1CCCCCCCCCCC1)[C@@]1(C)O[C@@H]1[C@@H](C)[C@H]1C[C@](O)(NC(=O)O1)[C@@H](OC)/C=C/C=C(\C)C2. The molecule has 1 unspecified atom stereocenters. The molecule has 4 aliphatic rings. The van der Waals surface area contributed by atoms with Crippen LogP contribution in [0, 0.1) is 11.8 Å². The third-order valence-corrected chi connectivity index (χ3v) is 17.9. The first-order valence-corrected chi connectivity index (χ1v) is 27.7. The third kappa shape index (κ3) is 15.6. The van der Waals surface area contributed by atoms with Crippen molar-refractivity contribution in [2.45, 2.75) is 191 Å². The Morgan fingerprint density at radius 2 is 1.68 bits per heavy atom. The minimum Gasteiger partial charge on any atom is -0.495 e. The highest BCUT2D eigenvalue weighted by Gasteiger charge is 2.64. The maximum atomic E-state index is 14.3. The Balaban J connectivity index is 1.25. The number of Topliss-reactive ketones (excluding diaryl/α,β-unsaturated/α-hetero) is 1. The van der Waals surface area contributed by atoms with E-state index in [-0.39, 0.29) is 41.4 Å². The van der Waals surface area contributed by atoms with E-state index in [4.69, 9.17) is 35.3 Å². The van der Waals surface area contributed by atoms with Gasteiger partial charge in [-0.2, -0.15) is 0 Å². The summed E-state index contributed by atoms with van der Waals surface area (Å²) >= 11 is 6.83. The van der Waals surface area contributed by atoms with Crippen molar-refractivity contribution >= 4 is 68.5 Å². The molecule has 17 heteroatoms. The van der Waals surface area contributed by atoms with Crippen molar-refractivity contribution < 1.29 is 52.8 Å². The molecule has 1 aliphatic carbocycles. The van der Waals surface area contributed by atoms with Gasteiger partial charge in [0.15, 0.2) is 5.72 Å². The maximum absolute atomic E-state index is 14.3. The number of methoxy groups -OCH3 is 2. The largest absolute Gasteiger partial charge is 0.495 e. The van der Waals surface area contributed by atoms with Crippen molar-refractivity contribution in [3.05, 3.63) is 46.5 Å². The molecule has 0 aromatic heterocycles. The van der Waals surface area contributed by atoms with Crippen molar-refractivity contribution in [2.75, 3.05) is 39.0 Å². The van der Waals surface area contributed by atoms with Crippen LogP contribution in [0.2, 0.25) is 5.02 Å². The van der Waals surface area contributed by atoms with Crippen LogP contribution in [0.3, 0.4) is 0 Å². The van der Waals surface area contributed by atoms with E-state index in [1.54, 1.807) is 73.8 Å². The Kier molecular flexibility index (Phi) is 21.7. The number of amides is 3. The molecule has 386 valence electrons. The van der Waals surface area contributed by atoms with Crippen molar-refractivity contribution in [3.63, 3.8) is 0 Å². The minimum atomic E-state index is -1.84. The van der Waals surface area contributed by atoms with Crippen LogP contribution in [0.4, 0.5) is 10.5 Å². The fourth-order valence-electron chi connectivity index (χ4n) is 9.77. The van der Waals surface area contributed by atoms with E-state index in [9.17, 15) is 29.1 Å². The fraction of sp³-hybridized carbons (Fsp3) is 0.712. The molecule has 9 atom stereocenters. The summed E-state index contributed by atoms with van der Waals surface area (Å²) in [6.07, 6.45) is 15.7. The van der Waals surface area contributed by atoms with Gasteiger partial charge in [0.25, 0.3) is 0 Å². The highest BCUT2D eigenvalue weighted by atomic mass is 35.5. The van der Waals surface area contributed by atoms with E-state index in [1.807, 2.05) is 19.9 Å². The van der Waals surface area contributed by atoms with E-state index in [2.05, 4.69) is 12.2 Å². The number of ether oxygens (including phenoxy) is 5. The van der Waals surface area contributed by atoms with Crippen LogP contribution in [0.15, 0.2) is 35.9 Å². The van der Waals surface area contributed by atoms with Crippen LogP contribution >= 0.6 is 33.2 Å². The molecular formula is C52H78ClN3O11S2. The highest BCUT2D eigenvalue weighted by molar-refractivity contribution is 8.76. The van der Waals surface area contributed by atoms with Gasteiger partial charge in [-0.05, 0) is 64.2 Å². The summed E-state index contributed by atoms with van der Waals surface area (Å²) in [5, 5.41) is 14.9. The van der Waals surface area contributed by atoms with Gasteiger partial charge in [-0.3, -0.25) is 19.7 Å². The van der Waals surface area contributed by atoms with Gasteiger partial charge in [0, 0.05) is 63.3 Å². The van der Waals surface area contributed by atoms with Crippen molar-refractivity contribution in [1.29, 1.82) is 0 Å². The maximum Gasteiger partial charge on any atom is 0.409 e. The molecule has 3 fully saturated rings. The lowest BCUT2D eigenvalue weighted by Gasteiger charge is -2.42. The Bertz CT molecular complexity index is 1990. The standard InChI is InChI=1S/C52H78ClN3O11S2/c1-33-20-19-23-43(64-9)52(62)32-42(65-50(61)54-52)35(3)48-51(5,67-48)44(31-46(59)56(7)39-29-37(28-33)30-41(63-8)47(39)53)66-49(60)36(4)55(6)45(58)26-27-68-69-34(2)24-25-40(57)38-21-17-15-13-11-10-12-14-16-18-22-38/h19-20,23,29-30,34-36,38,42-44,48,62H,10-18,21-22,24-28,31-32H2,1-9H3,(H,54,61)/b23-19+,33-20+/t34?,35-,36+,42+,43-,44+,48+,51+,52+/m0/s1. The number of epoxide rings is 1. The number of benzene rings is 1. The van der Waals surface area contributed by atoms with Crippen LogP contribution in [-0.4, -0.2) is 121 Å². The number of hydrogen-bond donors (Lipinski definition) is 2. The Labute approximate surface area is 423 Å². The van der Waals surface area contributed by atoms with Crippen LogP contribution < -0.4 is 15.0 Å². The predicted molar refractivity (Wildman–Crippen MR) is 274 cm³/mol. The van der Waals surface area contributed by atoms with Gasteiger partial charge < -0.3 is 38.6 Å². The van der Waals surface area contributed by atoms with Gasteiger partial charge in [0.05, 0.1) is 25.3 Å². The number of ketones is 1. The van der Waals surface area contributed by atoms with E-state index in [1.165, 1.54) is 69.0 Å². The lowest BCUT2D eigenvalue weighted by Crippen LogP contribution is -2.63. The van der Waals surface area contributed by atoms with E-state index >= 15 is 0 Å². The van der Waals surface area contributed by atoms with Gasteiger partial charge in [-0.1, -0.05) is 129 Å². The Hall–Kier alpha value is -3.28. The first-order valence-electron chi connectivity index (χ1n) is 25.0. The fourth-order valence-corrected chi connectivity index (χ4v) is 12.4. The van der Waals surface area contributed by atoms with Crippen molar-refractivity contribution in [1.82, 2.24) is 10.2 Å². The molecule has 14 nitrogen and oxygen atoms in total. The summed E-state index contributed by atoms with van der Waals surface area (Å²) < 4.78 is 29.6. The molecule has 69 heavy (non-hydrogen) atoms. The molecule has 0 radical (unpaired) electrons. The number of anilines is 1. The van der Waals surface area contributed by atoms with Crippen LogP contribution in [-0.2, 0) is 44.5 Å². The Morgan fingerprint density at radius 3 is 2.32 bits per heavy atom. The number of carbonyl (C=O) groups is 5. The number of rotatable bonds is 14. The van der Waals surface area contributed by atoms with Crippen LogP contribution in [0.5, 0.6) is 5.75 Å². The summed E-state index contributed by atoms with van der Waals surface area (Å²) in [5.74, 6) is -0.480. The first-order chi connectivity index (χ1) is 32.8. The quantitative estimate of drug-likeness (QED) is 0.0781. The second-order valence-corrected chi connectivity index (χ2v) is 23.1.